The third kappa shape index (κ3) is 1.56. The van der Waals surface area contributed by atoms with Crippen LogP contribution >= 0.6 is 0 Å². The van der Waals surface area contributed by atoms with E-state index in [1.165, 1.54) is 27.2 Å². The summed E-state index contributed by atoms with van der Waals surface area (Å²) < 4.78 is 2.25. The fraction of sp³-hybridized carbons (Fsp3) is 0.0500. The molecule has 0 saturated heterocycles. The summed E-state index contributed by atoms with van der Waals surface area (Å²) in [6, 6.07) is 20.7. The number of aromatic nitrogens is 2. The van der Waals surface area contributed by atoms with Crippen LogP contribution in [0.2, 0.25) is 0 Å². The van der Waals surface area contributed by atoms with Gasteiger partial charge in [-0.05, 0) is 29.7 Å². The van der Waals surface area contributed by atoms with E-state index in [0.29, 0.717) is 5.36 Å². The minimum absolute atomic E-state index is 0.526. The van der Waals surface area contributed by atoms with Crippen LogP contribution in [0.5, 0.6) is 0 Å². The molecule has 3 heteroatoms. The van der Waals surface area contributed by atoms with E-state index < -0.39 is 0 Å². The molecule has 0 bridgehead atoms. The number of aromatic amines is 1. The summed E-state index contributed by atoms with van der Waals surface area (Å²) in [5.74, 6) is 0. The normalized spacial score (nSPS) is 11.9. The molecule has 3 nitrogen and oxygen atoms in total. The third-order valence-electron chi connectivity index (χ3n) is 4.76. The molecule has 3 aromatic carbocycles. The third-order valence-corrected chi connectivity index (χ3v) is 4.76. The van der Waals surface area contributed by atoms with Crippen LogP contribution in [-0.2, 0) is 7.05 Å². The van der Waals surface area contributed by atoms with Gasteiger partial charge in [-0.25, -0.2) is 0 Å². The molecule has 110 valence electrons. The fourth-order valence-corrected chi connectivity index (χ4v) is 3.70. The molecule has 0 unspecified atom stereocenters. The molecule has 5 aromatic rings. The van der Waals surface area contributed by atoms with Gasteiger partial charge in [0.2, 0.25) is 0 Å². The maximum Gasteiger partial charge on any atom is 0.0580 e. The number of pyridine rings is 2. The number of nitrogens with one attached hydrogen (secondary N) is 2. The highest BCUT2D eigenvalue weighted by Gasteiger charge is 2.12. The number of hydrogen-bond acceptors (Lipinski definition) is 1. The Kier molecular flexibility index (Phi) is 2.29. The van der Waals surface area contributed by atoms with Gasteiger partial charge in [-0.3, -0.25) is 0 Å². The zero-order chi connectivity index (χ0) is 15.6. The van der Waals surface area contributed by atoms with Crippen molar-refractivity contribution >= 4 is 43.6 Å². The number of benzene rings is 3. The molecule has 2 heterocycles. The van der Waals surface area contributed by atoms with Gasteiger partial charge < -0.3 is 15.0 Å². The predicted molar refractivity (Wildman–Crippen MR) is 95.6 cm³/mol. The standard InChI is InChI=1S/C20H15N3/c1-23-17-7-3-2-5-15(17)20-19-14(6-4-8-18(19)23)13-10-9-12(21)11-16(13)22-20/h2-11,21-22H,1H3. The van der Waals surface area contributed by atoms with Gasteiger partial charge in [0.15, 0.2) is 0 Å². The Morgan fingerprint density at radius 3 is 2.52 bits per heavy atom. The highest BCUT2D eigenvalue weighted by Crippen LogP contribution is 2.35. The van der Waals surface area contributed by atoms with Crippen molar-refractivity contribution in [3.8, 4) is 0 Å². The zero-order valence-electron chi connectivity index (χ0n) is 12.7. The molecule has 0 atom stereocenters. The van der Waals surface area contributed by atoms with Gasteiger partial charge in [-0.15, -0.1) is 0 Å². The number of aryl methyl sites for hydroxylation is 1. The summed E-state index contributed by atoms with van der Waals surface area (Å²) in [6.45, 7) is 0. The summed E-state index contributed by atoms with van der Waals surface area (Å²) in [6.07, 6.45) is 0. The van der Waals surface area contributed by atoms with Crippen molar-refractivity contribution < 1.29 is 0 Å². The lowest BCUT2D eigenvalue weighted by Crippen LogP contribution is -2.01. The van der Waals surface area contributed by atoms with Crippen molar-refractivity contribution in [2.75, 3.05) is 0 Å². The van der Waals surface area contributed by atoms with Gasteiger partial charge in [0.1, 0.15) is 0 Å². The molecular formula is C20H15N3. The maximum absolute atomic E-state index is 7.92. The predicted octanol–water partition coefficient (Wildman–Crippen LogP) is 4.45. The number of rotatable bonds is 0. The van der Waals surface area contributed by atoms with E-state index in [2.05, 4.69) is 59.1 Å². The molecule has 0 spiro atoms. The highest BCUT2D eigenvalue weighted by atomic mass is 14.9. The quantitative estimate of drug-likeness (QED) is 0.313. The van der Waals surface area contributed by atoms with Gasteiger partial charge >= 0.3 is 0 Å². The summed E-state index contributed by atoms with van der Waals surface area (Å²) >= 11 is 0. The Hall–Kier alpha value is -3.07. The average molecular weight is 297 g/mol. The molecule has 2 aromatic heterocycles. The Balaban J connectivity index is 2.23. The first kappa shape index (κ1) is 12.5. The molecule has 0 saturated carbocycles. The van der Waals surface area contributed by atoms with Crippen LogP contribution in [0.15, 0.2) is 60.7 Å². The van der Waals surface area contributed by atoms with E-state index in [1.54, 1.807) is 0 Å². The Labute approximate surface area is 132 Å². The minimum atomic E-state index is 0.526. The van der Waals surface area contributed by atoms with Crippen molar-refractivity contribution in [2.24, 2.45) is 7.05 Å². The van der Waals surface area contributed by atoms with E-state index in [0.717, 1.165) is 16.4 Å². The molecule has 23 heavy (non-hydrogen) atoms. The molecule has 0 aliphatic carbocycles. The molecule has 0 radical (unpaired) electrons. The van der Waals surface area contributed by atoms with Gasteiger partial charge in [-0.1, -0.05) is 36.4 Å². The maximum atomic E-state index is 7.92. The molecule has 0 fully saturated rings. The molecule has 0 amide bonds. The van der Waals surface area contributed by atoms with Crippen molar-refractivity contribution in [1.82, 2.24) is 9.55 Å². The Morgan fingerprint density at radius 1 is 0.826 bits per heavy atom. The van der Waals surface area contributed by atoms with E-state index in [9.17, 15) is 0 Å². The zero-order valence-corrected chi connectivity index (χ0v) is 12.7. The lowest BCUT2D eigenvalue weighted by atomic mass is 10.0. The van der Waals surface area contributed by atoms with Crippen molar-refractivity contribution in [2.45, 2.75) is 0 Å². The molecular weight excluding hydrogens is 282 g/mol. The van der Waals surface area contributed by atoms with Crippen molar-refractivity contribution in [3.63, 3.8) is 0 Å². The number of fused-ring (bicyclic) bond motifs is 4. The molecule has 0 aliphatic rings. The minimum Gasteiger partial charge on any atom is -0.354 e. The van der Waals surface area contributed by atoms with Crippen molar-refractivity contribution in [1.29, 1.82) is 5.41 Å². The Morgan fingerprint density at radius 2 is 1.61 bits per heavy atom. The van der Waals surface area contributed by atoms with E-state index in [4.69, 9.17) is 5.41 Å². The second-order valence-corrected chi connectivity index (χ2v) is 6.04. The largest absolute Gasteiger partial charge is 0.354 e. The smallest absolute Gasteiger partial charge is 0.0580 e. The number of H-pyrrole nitrogens is 1. The lowest BCUT2D eigenvalue weighted by Gasteiger charge is -2.16. The summed E-state index contributed by atoms with van der Waals surface area (Å²) in [5, 5.41) is 13.3. The van der Waals surface area contributed by atoms with Gasteiger partial charge in [-0.2, -0.15) is 0 Å². The van der Waals surface area contributed by atoms with E-state index >= 15 is 0 Å². The number of para-hydroxylation sites is 1. The second kappa shape index (κ2) is 4.23. The van der Waals surface area contributed by atoms with Gasteiger partial charge in [0.25, 0.3) is 0 Å². The van der Waals surface area contributed by atoms with Gasteiger partial charge in [0.05, 0.1) is 21.9 Å². The van der Waals surface area contributed by atoms with Crippen LogP contribution < -0.4 is 5.36 Å². The first-order valence-corrected chi connectivity index (χ1v) is 7.70. The summed E-state index contributed by atoms with van der Waals surface area (Å²) in [4.78, 5) is 3.58. The van der Waals surface area contributed by atoms with Gasteiger partial charge in [0, 0.05) is 28.7 Å². The van der Waals surface area contributed by atoms with Crippen molar-refractivity contribution in [3.05, 3.63) is 66.0 Å². The van der Waals surface area contributed by atoms with Crippen LogP contribution in [0.4, 0.5) is 0 Å². The monoisotopic (exact) mass is 297 g/mol. The lowest BCUT2D eigenvalue weighted by molar-refractivity contribution is 1.01. The van der Waals surface area contributed by atoms with Crippen LogP contribution in [0.1, 0.15) is 0 Å². The summed E-state index contributed by atoms with van der Waals surface area (Å²) in [5.41, 5.74) is 4.56. The first-order chi connectivity index (χ1) is 11.2. The van der Waals surface area contributed by atoms with E-state index in [-0.39, 0.29) is 0 Å². The van der Waals surface area contributed by atoms with E-state index in [1.807, 2.05) is 18.2 Å². The Bertz CT molecular complexity index is 1290. The SMILES string of the molecule is Cn1c2ccccc2c2[nH]c3cc(=N)ccc3c3cccc1c32. The molecule has 5 rings (SSSR count). The molecule has 2 N–H and O–H groups in total. The highest BCUT2D eigenvalue weighted by molar-refractivity contribution is 6.23. The van der Waals surface area contributed by atoms with Crippen LogP contribution in [0.3, 0.4) is 0 Å². The van der Waals surface area contributed by atoms with Crippen LogP contribution in [-0.4, -0.2) is 9.55 Å². The molecule has 0 aliphatic heterocycles. The summed E-state index contributed by atoms with van der Waals surface area (Å²) in [7, 11) is 2.12. The average Bonchev–Trinajstić information content (AvgIpc) is 2.59. The fourth-order valence-electron chi connectivity index (χ4n) is 3.70. The second-order valence-electron chi connectivity index (χ2n) is 6.04. The van der Waals surface area contributed by atoms with Crippen LogP contribution in [0, 0.1) is 5.41 Å². The topological polar surface area (TPSA) is 44.6 Å². The van der Waals surface area contributed by atoms with Crippen LogP contribution in [0.25, 0.3) is 43.6 Å². The first-order valence-electron chi connectivity index (χ1n) is 7.70. The number of nitrogens with zero attached hydrogens (tertiary/aromatic N) is 1. The number of hydrogen-bond donors (Lipinski definition) is 2.